The number of nitrogens with one attached hydrogen (secondary N) is 2. The summed E-state index contributed by atoms with van der Waals surface area (Å²) in [5.41, 5.74) is 2.25. The quantitative estimate of drug-likeness (QED) is 0.777. The van der Waals surface area contributed by atoms with Crippen LogP contribution >= 0.6 is 11.6 Å². The molecule has 1 heterocycles. The summed E-state index contributed by atoms with van der Waals surface area (Å²) in [6.07, 6.45) is 3.19. The molecular weight excluding hydrogens is 246 g/mol. The third kappa shape index (κ3) is 3.77. The number of unbranched alkanes of at least 4 members (excludes halogenated alkanes) is 1. The Labute approximate surface area is 113 Å². The predicted molar refractivity (Wildman–Crippen MR) is 76.2 cm³/mol. The number of anilines is 1. The summed E-state index contributed by atoms with van der Waals surface area (Å²) in [7, 11) is 0. The highest BCUT2D eigenvalue weighted by Gasteiger charge is 2.02. The molecule has 0 aliphatic heterocycles. The van der Waals surface area contributed by atoms with Crippen LogP contribution in [0.4, 0.5) is 5.82 Å². The van der Waals surface area contributed by atoms with E-state index in [4.69, 9.17) is 11.6 Å². The molecule has 1 aromatic carbocycles. The van der Waals surface area contributed by atoms with E-state index < -0.39 is 0 Å². The minimum absolute atomic E-state index is 0.766. The summed E-state index contributed by atoms with van der Waals surface area (Å²) < 4.78 is 0. The first-order chi connectivity index (χ1) is 8.78. The molecule has 0 fully saturated rings. The minimum atomic E-state index is 0.766. The average molecular weight is 264 g/mol. The van der Waals surface area contributed by atoms with Gasteiger partial charge in [0.05, 0.1) is 5.69 Å². The largest absolute Gasteiger partial charge is 0.370 e. The van der Waals surface area contributed by atoms with Crippen LogP contribution in [0.15, 0.2) is 30.3 Å². The molecule has 2 rings (SSSR count). The first-order valence-corrected chi connectivity index (χ1v) is 6.68. The molecule has 0 amide bonds. The number of benzene rings is 1. The smallest absolute Gasteiger partial charge is 0.121 e. The second-order valence-corrected chi connectivity index (χ2v) is 4.79. The monoisotopic (exact) mass is 263 g/mol. The van der Waals surface area contributed by atoms with Gasteiger partial charge in [0.2, 0.25) is 0 Å². The molecule has 0 saturated heterocycles. The fraction of sp³-hybridized carbons (Fsp3) is 0.357. The summed E-state index contributed by atoms with van der Waals surface area (Å²) in [4.78, 5) is 0. The number of rotatable bonds is 6. The maximum Gasteiger partial charge on any atom is 0.121 e. The fourth-order valence-electron chi connectivity index (χ4n) is 1.76. The fourth-order valence-corrected chi connectivity index (χ4v) is 1.88. The van der Waals surface area contributed by atoms with Crippen molar-refractivity contribution in [3.8, 4) is 0 Å². The third-order valence-electron chi connectivity index (χ3n) is 2.78. The van der Waals surface area contributed by atoms with E-state index in [2.05, 4.69) is 28.5 Å². The molecule has 0 aliphatic rings. The Hall–Kier alpha value is -1.48. The Kier molecular flexibility index (Phi) is 4.65. The average Bonchev–Trinajstić information content (AvgIpc) is 2.80. The lowest BCUT2D eigenvalue weighted by atomic mass is 10.1. The van der Waals surface area contributed by atoms with Crippen LogP contribution in [0.25, 0.3) is 0 Å². The highest BCUT2D eigenvalue weighted by molar-refractivity contribution is 6.30. The van der Waals surface area contributed by atoms with Gasteiger partial charge in [-0.2, -0.15) is 5.10 Å². The molecule has 0 unspecified atom stereocenters. The number of hydrogen-bond acceptors (Lipinski definition) is 2. The van der Waals surface area contributed by atoms with Crippen LogP contribution in [0.5, 0.6) is 0 Å². The van der Waals surface area contributed by atoms with Crippen molar-refractivity contribution in [3.05, 3.63) is 46.6 Å². The number of aromatic amines is 1. The van der Waals surface area contributed by atoms with Crippen molar-refractivity contribution >= 4 is 17.4 Å². The normalized spacial score (nSPS) is 10.6. The lowest BCUT2D eigenvalue weighted by Gasteiger charge is -2.00. The lowest BCUT2D eigenvalue weighted by molar-refractivity contribution is 0.829. The number of aromatic nitrogens is 2. The van der Waals surface area contributed by atoms with Crippen LogP contribution in [0.2, 0.25) is 5.02 Å². The Morgan fingerprint density at radius 3 is 2.78 bits per heavy atom. The van der Waals surface area contributed by atoms with Crippen LogP contribution in [0, 0.1) is 0 Å². The van der Waals surface area contributed by atoms with Crippen molar-refractivity contribution in [2.24, 2.45) is 0 Å². The van der Waals surface area contributed by atoms with E-state index in [0.29, 0.717) is 0 Å². The zero-order chi connectivity index (χ0) is 12.8. The van der Waals surface area contributed by atoms with Gasteiger partial charge in [-0.15, -0.1) is 0 Å². The SMILES string of the molecule is CCCCNc1cc(Cc2ccc(Cl)cc2)n[nH]1. The number of hydrogen-bond donors (Lipinski definition) is 2. The van der Waals surface area contributed by atoms with Gasteiger partial charge in [0.25, 0.3) is 0 Å². The van der Waals surface area contributed by atoms with Gasteiger partial charge in [-0.25, -0.2) is 0 Å². The molecule has 0 saturated carbocycles. The van der Waals surface area contributed by atoms with Crippen LogP contribution in [0.1, 0.15) is 31.0 Å². The van der Waals surface area contributed by atoms with Gasteiger partial charge in [-0.05, 0) is 24.1 Å². The number of halogens is 1. The zero-order valence-corrected chi connectivity index (χ0v) is 11.3. The summed E-state index contributed by atoms with van der Waals surface area (Å²) >= 11 is 5.86. The van der Waals surface area contributed by atoms with Gasteiger partial charge in [0.1, 0.15) is 5.82 Å². The second kappa shape index (κ2) is 6.45. The van der Waals surface area contributed by atoms with E-state index in [-0.39, 0.29) is 0 Å². The predicted octanol–water partition coefficient (Wildman–Crippen LogP) is 3.87. The maximum absolute atomic E-state index is 5.86. The zero-order valence-electron chi connectivity index (χ0n) is 10.5. The highest BCUT2D eigenvalue weighted by atomic mass is 35.5. The highest BCUT2D eigenvalue weighted by Crippen LogP contribution is 2.14. The van der Waals surface area contributed by atoms with Gasteiger partial charge in [0.15, 0.2) is 0 Å². The van der Waals surface area contributed by atoms with E-state index in [1.165, 1.54) is 18.4 Å². The minimum Gasteiger partial charge on any atom is -0.370 e. The van der Waals surface area contributed by atoms with E-state index in [9.17, 15) is 0 Å². The Morgan fingerprint density at radius 2 is 2.06 bits per heavy atom. The third-order valence-corrected chi connectivity index (χ3v) is 3.03. The van der Waals surface area contributed by atoms with Crippen LogP contribution in [0.3, 0.4) is 0 Å². The van der Waals surface area contributed by atoms with Gasteiger partial charge in [0, 0.05) is 24.1 Å². The summed E-state index contributed by atoms with van der Waals surface area (Å²) in [6.45, 7) is 3.17. The number of nitrogens with zero attached hydrogens (tertiary/aromatic N) is 1. The van der Waals surface area contributed by atoms with Crippen molar-refractivity contribution in [1.29, 1.82) is 0 Å². The van der Waals surface area contributed by atoms with Gasteiger partial charge >= 0.3 is 0 Å². The van der Waals surface area contributed by atoms with Crippen LogP contribution < -0.4 is 5.32 Å². The molecule has 3 nitrogen and oxygen atoms in total. The van der Waals surface area contributed by atoms with Crippen molar-refractivity contribution in [2.75, 3.05) is 11.9 Å². The first-order valence-electron chi connectivity index (χ1n) is 6.30. The van der Waals surface area contributed by atoms with Crippen LogP contribution in [-0.4, -0.2) is 16.7 Å². The molecule has 0 atom stereocenters. The first kappa shape index (κ1) is 13.0. The standard InChI is InChI=1S/C14H18ClN3/c1-2-3-8-16-14-10-13(17-18-14)9-11-4-6-12(15)7-5-11/h4-7,10H,2-3,8-9H2,1H3,(H2,16,17,18). The van der Waals surface area contributed by atoms with Crippen molar-refractivity contribution in [2.45, 2.75) is 26.2 Å². The van der Waals surface area contributed by atoms with Gasteiger partial charge in [-0.1, -0.05) is 37.1 Å². The molecule has 0 bridgehead atoms. The van der Waals surface area contributed by atoms with E-state index >= 15 is 0 Å². The molecule has 0 spiro atoms. The topological polar surface area (TPSA) is 40.7 Å². The molecule has 1 aromatic heterocycles. The summed E-state index contributed by atoms with van der Waals surface area (Å²) in [6, 6.07) is 9.93. The van der Waals surface area contributed by atoms with E-state index in [1.54, 1.807) is 0 Å². The molecule has 2 N–H and O–H groups in total. The molecule has 18 heavy (non-hydrogen) atoms. The Morgan fingerprint density at radius 1 is 1.28 bits per heavy atom. The summed E-state index contributed by atoms with van der Waals surface area (Å²) in [5, 5.41) is 11.4. The number of H-pyrrole nitrogens is 1. The second-order valence-electron chi connectivity index (χ2n) is 4.36. The van der Waals surface area contributed by atoms with Gasteiger partial charge in [-0.3, -0.25) is 5.10 Å². The molecular formula is C14H18ClN3. The molecule has 96 valence electrons. The van der Waals surface area contributed by atoms with Crippen molar-refractivity contribution in [1.82, 2.24) is 10.2 Å². The molecule has 2 aromatic rings. The van der Waals surface area contributed by atoms with E-state index in [1.807, 2.05) is 24.3 Å². The van der Waals surface area contributed by atoms with Crippen molar-refractivity contribution in [3.63, 3.8) is 0 Å². The molecule has 4 heteroatoms. The Balaban J connectivity index is 1.91. The lowest BCUT2D eigenvalue weighted by Crippen LogP contribution is -2.00. The summed E-state index contributed by atoms with van der Waals surface area (Å²) in [5.74, 6) is 0.993. The van der Waals surface area contributed by atoms with E-state index in [0.717, 1.165) is 29.5 Å². The van der Waals surface area contributed by atoms with Crippen LogP contribution in [-0.2, 0) is 6.42 Å². The van der Waals surface area contributed by atoms with Crippen molar-refractivity contribution < 1.29 is 0 Å². The van der Waals surface area contributed by atoms with Gasteiger partial charge < -0.3 is 5.32 Å². The molecule has 0 aliphatic carbocycles. The molecule has 0 radical (unpaired) electrons. The maximum atomic E-state index is 5.86. The Bertz CT molecular complexity index is 476.